The second-order valence-electron chi connectivity index (χ2n) is 11.1. The Hall–Kier alpha value is -0.240. The second kappa shape index (κ2) is 7.64. The lowest BCUT2D eigenvalue weighted by molar-refractivity contribution is -0.191. The molecule has 0 radical (unpaired) electrons. The van der Waals surface area contributed by atoms with Crippen LogP contribution in [0.2, 0.25) is 0 Å². The molecule has 4 bridgehead atoms. The van der Waals surface area contributed by atoms with Crippen molar-refractivity contribution in [3.8, 4) is 0 Å². The Labute approximate surface area is 185 Å². The third-order valence-corrected chi connectivity index (χ3v) is 10.7. The van der Waals surface area contributed by atoms with Crippen molar-refractivity contribution < 1.29 is 28.4 Å². The summed E-state index contributed by atoms with van der Waals surface area (Å²) in [6, 6.07) is 0. The van der Waals surface area contributed by atoms with Crippen LogP contribution in [0, 0.1) is 46.3 Å². The fourth-order valence-electron chi connectivity index (χ4n) is 10.6. The standard InChI is InChI=1S/C25H38O6/c1-3-24-16-15-17-19-18(16)22-20(24)21(23(19)31-22)25(17,24)4-2-6-27-8-10-29-12-14-30-13-11-28-9-7-26-5-1/h16-23H,1-15H2. The largest absolute Gasteiger partial charge is 0.379 e. The van der Waals surface area contributed by atoms with Gasteiger partial charge in [-0.2, -0.15) is 0 Å². The predicted octanol–water partition coefficient (Wildman–Crippen LogP) is 2.54. The van der Waals surface area contributed by atoms with Gasteiger partial charge in [-0.05, 0) is 78.4 Å². The van der Waals surface area contributed by atoms with E-state index in [-0.39, 0.29) is 0 Å². The van der Waals surface area contributed by atoms with Crippen molar-refractivity contribution in [1.29, 1.82) is 0 Å². The van der Waals surface area contributed by atoms with Gasteiger partial charge in [0.25, 0.3) is 0 Å². The van der Waals surface area contributed by atoms with Crippen LogP contribution >= 0.6 is 0 Å². The maximum absolute atomic E-state index is 6.67. The topological polar surface area (TPSA) is 55.4 Å². The van der Waals surface area contributed by atoms with Crippen molar-refractivity contribution in [3.05, 3.63) is 0 Å². The summed E-state index contributed by atoms with van der Waals surface area (Å²) in [7, 11) is 0. The molecule has 5 aliphatic carbocycles. The Kier molecular flexibility index (Phi) is 4.97. The highest BCUT2D eigenvalue weighted by Gasteiger charge is 2.98. The van der Waals surface area contributed by atoms with Crippen LogP contribution in [-0.2, 0) is 28.4 Å². The molecule has 0 N–H and O–H groups in total. The summed E-state index contributed by atoms with van der Waals surface area (Å²) in [6.07, 6.45) is 7.84. The van der Waals surface area contributed by atoms with Crippen molar-refractivity contribution in [2.45, 2.75) is 44.3 Å². The smallest absolute Gasteiger partial charge is 0.0701 e. The maximum atomic E-state index is 6.67. The highest BCUT2D eigenvalue weighted by atomic mass is 16.6. The van der Waals surface area contributed by atoms with Crippen molar-refractivity contribution >= 4 is 0 Å². The molecule has 8 rings (SSSR count). The van der Waals surface area contributed by atoms with Crippen molar-refractivity contribution in [3.63, 3.8) is 0 Å². The summed E-state index contributed by atoms with van der Waals surface area (Å²) < 4.78 is 35.3. The van der Waals surface area contributed by atoms with Crippen LogP contribution in [0.15, 0.2) is 0 Å². The van der Waals surface area contributed by atoms with Gasteiger partial charge in [-0.15, -0.1) is 0 Å². The molecule has 10 unspecified atom stereocenters. The lowest BCUT2D eigenvalue weighted by atomic mass is 9.37. The van der Waals surface area contributed by atoms with Crippen LogP contribution in [-0.4, -0.2) is 78.3 Å². The van der Waals surface area contributed by atoms with E-state index in [2.05, 4.69) is 0 Å². The summed E-state index contributed by atoms with van der Waals surface area (Å²) >= 11 is 0. The summed E-state index contributed by atoms with van der Waals surface area (Å²) in [6.45, 7) is 6.90. The SMILES string of the molecule is C1COCCOCCOCCOCCOCCCC23C4CC5C6C7OC(C64)C2C7C53C1. The highest BCUT2D eigenvalue weighted by molar-refractivity contribution is 5.44. The lowest BCUT2D eigenvalue weighted by Crippen LogP contribution is -2.63. The summed E-state index contributed by atoms with van der Waals surface area (Å²) in [4.78, 5) is 0. The Morgan fingerprint density at radius 1 is 0.484 bits per heavy atom. The second-order valence-corrected chi connectivity index (χ2v) is 11.1. The molecule has 8 fully saturated rings. The van der Waals surface area contributed by atoms with Gasteiger partial charge in [0.2, 0.25) is 0 Å². The van der Waals surface area contributed by atoms with Crippen LogP contribution in [0.5, 0.6) is 0 Å². The average molecular weight is 435 g/mol. The zero-order valence-corrected chi connectivity index (χ0v) is 18.7. The third-order valence-electron chi connectivity index (χ3n) is 10.7. The molecule has 10 atom stereocenters. The molecular weight excluding hydrogens is 396 g/mol. The van der Waals surface area contributed by atoms with E-state index in [0.717, 1.165) is 48.7 Å². The van der Waals surface area contributed by atoms with Gasteiger partial charge in [-0.3, -0.25) is 0 Å². The van der Waals surface area contributed by atoms with E-state index in [1.54, 1.807) is 0 Å². The van der Waals surface area contributed by atoms with Crippen LogP contribution in [0.3, 0.4) is 0 Å². The van der Waals surface area contributed by atoms with E-state index in [4.69, 9.17) is 28.4 Å². The first-order chi connectivity index (χ1) is 15.4. The van der Waals surface area contributed by atoms with Gasteiger partial charge < -0.3 is 28.4 Å². The number of hydrogen-bond donors (Lipinski definition) is 0. The molecule has 0 amide bonds. The highest BCUT2D eigenvalue weighted by Crippen LogP contribution is 2.98. The van der Waals surface area contributed by atoms with Crippen LogP contribution in [0.25, 0.3) is 0 Å². The molecule has 0 aromatic heterocycles. The van der Waals surface area contributed by atoms with Gasteiger partial charge >= 0.3 is 0 Å². The minimum absolute atomic E-state index is 0.568. The molecule has 3 heterocycles. The van der Waals surface area contributed by atoms with Crippen molar-refractivity contribution in [1.82, 2.24) is 0 Å². The minimum atomic E-state index is 0.568. The maximum Gasteiger partial charge on any atom is 0.0701 e. The van der Waals surface area contributed by atoms with E-state index in [1.165, 1.54) is 32.1 Å². The van der Waals surface area contributed by atoms with Crippen LogP contribution in [0.1, 0.15) is 32.1 Å². The summed E-state index contributed by atoms with van der Waals surface area (Å²) in [5.41, 5.74) is 1.14. The third kappa shape index (κ3) is 2.45. The molecular formula is C25H38O6. The Bertz CT molecular complexity index is 625. The van der Waals surface area contributed by atoms with E-state index in [9.17, 15) is 0 Å². The van der Waals surface area contributed by atoms with E-state index < -0.39 is 0 Å². The molecule has 0 aromatic carbocycles. The van der Waals surface area contributed by atoms with Gasteiger partial charge in [0, 0.05) is 13.2 Å². The summed E-state index contributed by atoms with van der Waals surface area (Å²) in [5, 5.41) is 0. The Morgan fingerprint density at radius 3 is 1.29 bits per heavy atom. The first kappa shape index (κ1) is 20.2. The molecule has 5 saturated carbocycles. The van der Waals surface area contributed by atoms with Gasteiger partial charge in [0.05, 0.1) is 65.1 Å². The zero-order valence-electron chi connectivity index (χ0n) is 18.7. The molecule has 174 valence electrons. The fraction of sp³-hybridized carbons (Fsp3) is 1.00. The first-order valence-electron chi connectivity index (χ1n) is 13.0. The number of hydrogen-bond acceptors (Lipinski definition) is 6. The fourth-order valence-corrected chi connectivity index (χ4v) is 10.6. The summed E-state index contributed by atoms with van der Waals surface area (Å²) in [5.74, 6) is 5.45. The molecule has 6 heteroatoms. The molecule has 31 heavy (non-hydrogen) atoms. The van der Waals surface area contributed by atoms with E-state index in [0.29, 0.717) is 75.9 Å². The lowest BCUT2D eigenvalue weighted by Gasteiger charge is -2.65. The van der Waals surface area contributed by atoms with Gasteiger partial charge in [0.1, 0.15) is 0 Å². The van der Waals surface area contributed by atoms with Crippen molar-refractivity contribution in [2.24, 2.45) is 46.3 Å². The predicted molar refractivity (Wildman–Crippen MR) is 112 cm³/mol. The molecule has 3 aliphatic heterocycles. The monoisotopic (exact) mass is 434 g/mol. The Balaban J connectivity index is 1.03. The molecule has 8 aliphatic rings. The number of rotatable bonds is 0. The quantitative estimate of drug-likeness (QED) is 0.584. The molecule has 2 spiro atoms. The zero-order chi connectivity index (χ0) is 20.5. The van der Waals surface area contributed by atoms with Gasteiger partial charge in [-0.25, -0.2) is 0 Å². The molecule has 6 nitrogen and oxygen atoms in total. The van der Waals surface area contributed by atoms with Gasteiger partial charge in [0.15, 0.2) is 0 Å². The van der Waals surface area contributed by atoms with Crippen LogP contribution in [0.4, 0.5) is 0 Å². The Morgan fingerprint density at radius 2 is 0.871 bits per heavy atom. The molecule has 0 aromatic rings. The van der Waals surface area contributed by atoms with Crippen LogP contribution < -0.4 is 0 Å². The first-order valence-corrected chi connectivity index (χ1v) is 13.0. The molecule has 3 saturated heterocycles. The van der Waals surface area contributed by atoms with E-state index >= 15 is 0 Å². The minimum Gasteiger partial charge on any atom is -0.379 e. The number of ether oxygens (including phenoxy) is 6. The van der Waals surface area contributed by atoms with Crippen molar-refractivity contribution in [2.75, 3.05) is 66.1 Å². The van der Waals surface area contributed by atoms with E-state index in [1.807, 2.05) is 0 Å². The van der Waals surface area contributed by atoms with Gasteiger partial charge in [-0.1, -0.05) is 0 Å². The average Bonchev–Trinajstić information content (AvgIpc) is 3.49. The normalized spacial score (nSPS) is 56.5.